The van der Waals surface area contributed by atoms with Crippen molar-refractivity contribution in [3.63, 3.8) is 0 Å². The van der Waals surface area contributed by atoms with Crippen molar-refractivity contribution in [2.45, 2.75) is 12.1 Å². The van der Waals surface area contributed by atoms with E-state index in [2.05, 4.69) is 26.6 Å². The average molecular weight is 298 g/mol. The summed E-state index contributed by atoms with van der Waals surface area (Å²) in [6, 6.07) is 6.24. The smallest absolute Gasteiger partial charge is 0.251 e. The Bertz CT molecular complexity index is 447. The minimum atomic E-state index is -0.517. The van der Waals surface area contributed by atoms with Crippen molar-refractivity contribution in [3.05, 3.63) is 34.3 Å². The van der Waals surface area contributed by atoms with E-state index in [1.54, 1.807) is 24.3 Å². The van der Waals surface area contributed by atoms with Crippen molar-refractivity contribution >= 4 is 27.7 Å². The SMILES string of the molecule is NC[C@H]1NC(=O)[C@H]1NC(=O)c1ccc(Br)cc1. The highest BCUT2D eigenvalue weighted by atomic mass is 79.9. The van der Waals surface area contributed by atoms with Gasteiger partial charge in [-0.25, -0.2) is 0 Å². The third-order valence-corrected chi connectivity index (χ3v) is 3.19. The number of halogens is 1. The van der Waals surface area contributed by atoms with Crippen LogP contribution < -0.4 is 16.4 Å². The van der Waals surface area contributed by atoms with Crippen LogP contribution >= 0.6 is 15.9 Å². The number of carbonyl (C=O) groups excluding carboxylic acids is 2. The number of rotatable bonds is 3. The van der Waals surface area contributed by atoms with Gasteiger partial charge in [0.15, 0.2) is 0 Å². The van der Waals surface area contributed by atoms with Crippen LogP contribution in [0.3, 0.4) is 0 Å². The van der Waals surface area contributed by atoms with E-state index in [0.717, 1.165) is 4.47 Å². The number of hydrogen-bond acceptors (Lipinski definition) is 3. The average Bonchev–Trinajstić information content (AvgIpc) is 2.33. The van der Waals surface area contributed by atoms with Gasteiger partial charge in [-0.15, -0.1) is 0 Å². The zero-order chi connectivity index (χ0) is 12.4. The molecular formula is C11H12BrN3O2. The van der Waals surface area contributed by atoms with Gasteiger partial charge in [0.2, 0.25) is 5.91 Å². The third-order valence-electron chi connectivity index (χ3n) is 2.66. The summed E-state index contributed by atoms with van der Waals surface area (Å²) < 4.78 is 0.898. The Morgan fingerprint density at radius 3 is 2.59 bits per heavy atom. The van der Waals surface area contributed by atoms with Crippen LogP contribution in [0.2, 0.25) is 0 Å². The quantitative estimate of drug-likeness (QED) is 0.687. The van der Waals surface area contributed by atoms with E-state index >= 15 is 0 Å². The maximum Gasteiger partial charge on any atom is 0.251 e. The van der Waals surface area contributed by atoms with Crippen molar-refractivity contribution in [2.75, 3.05) is 6.54 Å². The Kier molecular flexibility index (Phi) is 3.44. The van der Waals surface area contributed by atoms with Crippen molar-refractivity contribution < 1.29 is 9.59 Å². The van der Waals surface area contributed by atoms with Crippen molar-refractivity contribution in [1.82, 2.24) is 10.6 Å². The molecule has 1 aromatic carbocycles. The van der Waals surface area contributed by atoms with Crippen molar-refractivity contribution in [3.8, 4) is 0 Å². The molecule has 0 saturated carbocycles. The zero-order valence-corrected chi connectivity index (χ0v) is 10.5. The summed E-state index contributed by atoms with van der Waals surface area (Å²) in [6.07, 6.45) is 0. The highest BCUT2D eigenvalue weighted by molar-refractivity contribution is 9.10. The van der Waals surface area contributed by atoms with Gasteiger partial charge in [-0.05, 0) is 24.3 Å². The van der Waals surface area contributed by atoms with E-state index in [9.17, 15) is 9.59 Å². The first-order valence-electron chi connectivity index (χ1n) is 5.18. The molecule has 0 aromatic heterocycles. The van der Waals surface area contributed by atoms with Crippen LogP contribution in [0.4, 0.5) is 0 Å². The molecule has 1 aliphatic heterocycles. The predicted molar refractivity (Wildman–Crippen MR) is 66.4 cm³/mol. The summed E-state index contributed by atoms with van der Waals surface area (Å²) in [6.45, 7) is 0.316. The van der Waals surface area contributed by atoms with Gasteiger partial charge in [0.1, 0.15) is 6.04 Å². The molecule has 2 rings (SSSR count). The first-order valence-corrected chi connectivity index (χ1v) is 5.98. The molecule has 90 valence electrons. The van der Waals surface area contributed by atoms with Gasteiger partial charge in [0.25, 0.3) is 5.91 Å². The van der Waals surface area contributed by atoms with Crippen LogP contribution in [0.5, 0.6) is 0 Å². The molecular weight excluding hydrogens is 286 g/mol. The standard InChI is InChI=1S/C11H12BrN3O2/c12-7-3-1-6(2-4-7)10(16)15-9-8(5-13)14-11(9)17/h1-4,8-9H,5,13H2,(H,14,17)(H,15,16)/t8-,9+/m1/s1. The summed E-state index contributed by atoms with van der Waals surface area (Å²) in [4.78, 5) is 23.1. The van der Waals surface area contributed by atoms with Gasteiger partial charge >= 0.3 is 0 Å². The fourth-order valence-electron chi connectivity index (χ4n) is 1.63. The second kappa shape index (κ2) is 4.85. The molecule has 6 heteroatoms. The van der Waals surface area contributed by atoms with E-state index < -0.39 is 6.04 Å². The van der Waals surface area contributed by atoms with Gasteiger partial charge in [0, 0.05) is 16.6 Å². The molecule has 1 aliphatic rings. The molecule has 2 atom stereocenters. The Hall–Kier alpha value is -1.40. The Balaban J connectivity index is 2.02. The lowest BCUT2D eigenvalue weighted by molar-refractivity contribution is -0.131. The Labute approximate surface area is 107 Å². The largest absolute Gasteiger partial charge is 0.348 e. The minimum absolute atomic E-state index is 0.165. The van der Waals surface area contributed by atoms with Gasteiger partial charge in [-0.3, -0.25) is 9.59 Å². The fourth-order valence-corrected chi connectivity index (χ4v) is 1.89. The number of hydrogen-bond donors (Lipinski definition) is 3. The molecule has 1 heterocycles. The van der Waals surface area contributed by atoms with E-state index in [4.69, 9.17) is 5.73 Å². The summed E-state index contributed by atoms with van der Waals surface area (Å²) in [5, 5.41) is 5.28. The number of benzene rings is 1. The molecule has 0 unspecified atom stereocenters. The highest BCUT2D eigenvalue weighted by Crippen LogP contribution is 2.11. The third kappa shape index (κ3) is 2.48. The lowest BCUT2D eigenvalue weighted by atomic mass is 9.99. The lowest BCUT2D eigenvalue weighted by Crippen LogP contribution is -2.71. The van der Waals surface area contributed by atoms with Gasteiger partial charge in [-0.1, -0.05) is 15.9 Å². The van der Waals surface area contributed by atoms with Crippen LogP contribution in [0.1, 0.15) is 10.4 Å². The number of nitrogens with one attached hydrogen (secondary N) is 2. The molecule has 1 fully saturated rings. The van der Waals surface area contributed by atoms with Gasteiger partial charge in [-0.2, -0.15) is 0 Å². The highest BCUT2D eigenvalue weighted by Gasteiger charge is 2.39. The molecule has 0 bridgehead atoms. The Morgan fingerprint density at radius 2 is 2.06 bits per heavy atom. The summed E-state index contributed by atoms with van der Waals surface area (Å²) in [5.74, 6) is -0.457. The van der Waals surface area contributed by atoms with E-state index in [0.29, 0.717) is 12.1 Å². The number of amides is 2. The maximum absolute atomic E-state index is 11.8. The monoisotopic (exact) mass is 297 g/mol. The molecule has 17 heavy (non-hydrogen) atoms. The second-order valence-electron chi connectivity index (χ2n) is 3.81. The topological polar surface area (TPSA) is 84.2 Å². The van der Waals surface area contributed by atoms with Crippen LogP contribution in [0.15, 0.2) is 28.7 Å². The van der Waals surface area contributed by atoms with E-state index in [1.165, 1.54) is 0 Å². The molecule has 0 aliphatic carbocycles. The molecule has 4 N–H and O–H groups in total. The molecule has 1 saturated heterocycles. The first-order chi connectivity index (χ1) is 8.11. The maximum atomic E-state index is 11.8. The molecule has 5 nitrogen and oxygen atoms in total. The normalized spacial score (nSPS) is 22.6. The summed E-state index contributed by atoms with van der Waals surface area (Å²) in [5.41, 5.74) is 5.97. The molecule has 0 radical (unpaired) electrons. The zero-order valence-electron chi connectivity index (χ0n) is 8.94. The van der Waals surface area contributed by atoms with E-state index in [1.807, 2.05) is 0 Å². The first kappa shape index (κ1) is 12.1. The molecule has 0 spiro atoms. The van der Waals surface area contributed by atoms with Gasteiger partial charge in [0.05, 0.1) is 6.04 Å². The molecule has 1 aromatic rings. The van der Waals surface area contributed by atoms with Crippen molar-refractivity contribution in [1.29, 1.82) is 0 Å². The predicted octanol–water partition coefficient (Wildman–Crippen LogP) is 0.00460. The van der Waals surface area contributed by atoms with Crippen LogP contribution in [0, 0.1) is 0 Å². The number of nitrogens with two attached hydrogens (primary N) is 1. The van der Waals surface area contributed by atoms with Crippen molar-refractivity contribution in [2.24, 2.45) is 5.73 Å². The summed E-state index contributed by atoms with van der Waals surface area (Å²) in [7, 11) is 0. The number of β-lactam (4-membered cyclic amide) rings is 1. The number of carbonyl (C=O) groups is 2. The molecule has 2 amide bonds. The van der Waals surface area contributed by atoms with E-state index in [-0.39, 0.29) is 17.9 Å². The van der Waals surface area contributed by atoms with Gasteiger partial charge < -0.3 is 16.4 Å². The van der Waals surface area contributed by atoms with Crippen LogP contribution in [0.25, 0.3) is 0 Å². The Morgan fingerprint density at radius 1 is 1.41 bits per heavy atom. The fraction of sp³-hybridized carbons (Fsp3) is 0.273. The lowest BCUT2D eigenvalue weighted by Gasteiger charge is -2.36. The van der Waals surface area contributed by atoms with Crippen LogP contribution in [-0.4, -0.2) is 30.4 Å². The minimum Gasteiger partial charge on any atom is -0.348 e. The second-order valence-corrected chi connectivity index (χ2v) is 4.72. The van der Waals surface area contributed by atoms with Crippen LogP contribution in [-0.2, 0) is 4.79 Å². The summed E-state index contributed by atoms with van der Waals surface area (Å²) >= 11 is 3.29.